The van der Waals surface area contributed by atoms with E-state index >= 15 is 0 Å². The van der Waals surface area contributed by atoms with E-state index in [1.165, 1.54) is 0 Å². The molecule has 18 heavy (non-hydrogen) atoms. The molecule has 1 unspecified atom stereocenters. The molecule has 1 heterocycles. The van der Waals surface area contributed by atoms with Crippen LogP contribution >= 0.6 is 11.3 Å². The fourth-order valence-corrected chi connectivity index (χ4v) is 3.10. The molecular weight excluding hydrogens is 254 g/mol. The van der Waals surface area contributed by atoms with Gasteiger partial charge in [-0.15, -0.1) is 11.3 Å². The van der Waals surface area contributed by atoms with Gasteiger partial charge in [0.15, 0.2) is 0 Å². The maximum atomic E-state index is 13.2. The normalized spacial score (nSPS) is 23.5. The summed E-state index contributed by atoms with van der Waals surface area (Å²) in [5.41, 5.74) is 0.0601. The molecule has 5 heteroatoms. The van der Waals surface area contributed by atoms with Gasteiger partial charge in [0, 0.05) is 41.9 Å². The number of halogens is 2. The molecule has 0 spiro atoms. The van der Waals surface area contributed by atoms with Gasteiger partial charge in [-0.2, -0.15) is 0 Å². The van der Waals surface area contributed by atoms with Crippen LogP contribution < -0.4 is 5.32 Å². The van der Waals surface area contributed by atoms with Gasteiger partial charge in [0.2, 0.25) is 5.92 Å². The number of thiazole rings is 1. The Kier molecular flexibility index (Phi) is 3.74. The zero-order valence-corrected chi connectivity index (χ0v) is 11.9. The van der Waals surface area contributed by atoms with Crippen LogP contribution in [0.2, 0.25) is 0 Å². The molecule has 1 atom stereocenters. The molecule has 0 bridgehead atoms. The average Bonchev–Trinajstić information content (AvgIpc) is 2.80. The molecule has 0 aliphatic heterocycles. The summed E-state index contributed by atoms with van der Waals surface area (Å²) in [6, 6.07) is 0. The third-order valence-corrected chi connectivity index (χ3v) is 4.28. The molecular formula is C13H20F2N2S. The van der Waals surface area contributed by atoms with Crippen LogP contribution in [0.15, 0.2) is 6.20 Å². The Morgan fingerprint density at radius 2 is 2.22 bits per heavy atom. The predicted molar refractivity (Wildman–Crippen MR) is 70.2 cm³/mol. The molecule has 0 saturated heterocycles. The van der Waals surface area contributed by atoms with E-state index in [2.05, 4.69) is 31.1 Å². The minimum atomic E-state index is -2.49. The molecule has 2 rings (SSSR count). The first-order valence-corrected chi connectivity index (χ1v) is 7.14. The number of hydrogen-bond acceptors (Lipinski definition) is 3. The highest BCUT2D eigenvalue weighted by Crippen LogP contribution is 2.45. The number of rotatable bonds is 3. The Hall–Kier alpha value is -0.550. The second kappa shape index (κ2) is 4.85. The monoisotopic (exact) mass is 274 g/mol. The lowest BCUT2D eigenvalue weighted by molar-refractivity contribution is 0.00776. The molecule has 1 N–H and O–H groups in total. The Morgan fingerprint density at radius 1 is 1.50 bits per heavy atom. The largest absolute Gasteiger partial charge is 0.307 e. The smallest absolute Gasteiger partial charge is 0.248 e. The lowest BCUT2D eigenvalue weighted by Gasteiger charge is -2.19. The van der Waals surface area contributed by atoms with Gasteiger partial charge in [-0.05, 0) is 27.2 Å². The maximum Gasteiger partial charge on any atom is 0.248 e. The molecule has 1 fully saturated rings. The second-order valence-electron chi connectivity index (χ2n) is 6.06. The summed E-state index contributed by atoms with van der Waals surface area (Å²) in [6.45, 7) is 7.07. The first-order valence-electron chi connectivity index (χ1n) is 6.33. The van der Waals surface area contributed by atoms with Crippen LogP contribution in [0, 0.1) is 0 Å². The number of alkyl halides is 2. The fraction of sp³-hybridized carbons (Fsp3) is 0.769. The molecule has 1 saturated carbocycles. The zero-order valence-electron chi connectivity index (χ0n) is 11.1. The van der Waals surface area contributed by atoms with E-state index in [1.807, 2.05) is 6.20 Å². The number of hydrogen-bond donors (Lipinski definition) is 1. The van der Waals surface area contributed by atoms with E-state index in [4.69, 9.17) is 0 Å². The molecule has 1 aliphatic rings. The highest BCUT2D eigenvalue weighted by atomic mass is 32.1. The quantitative estimate of drug-likeness (QED) is 0.903. The van der Waals surface area contributed by atoms with Gasteiger partial charge in [-0.25, -0.2) is 13.8 Å². The number of nitrogens with one attached hydrogen (secondary N) is 1. The van der Waals surface area contributed by atoms with E-state index in [0.717, 1.165) is 16.4 Å². The summed E-state index contributed by atoms with van der Waals surface area (Å²) in [5, 5.41) is 4.25. The van der Waals surface area contributed by atoms with Crippen molar-refractivity contribution in [1.82, 2.24) is 10.3 Å². The van der Waals surface area contributed by atoms with Gasteiger partial charge in [0.05, 0.1) is 5.01 Å². The minimum Gasteiger partial charge on any atom is -0.307 e. The average molecular weight is 274 g/mol. The maximum absolute atomic E-state index is 13.2. The van der Waals surface area contributed by atoms with Crippen LogP contribution in [-0.4, -0.2) is 16.4 Å². The Balaban J connectivity index is 1.95. The fourth-order valence-electron chi connectivity index (χ4n) is 2.11. The van der Waals surface area contributed by atoms with Crippen LogP contribution in [-0.2, 0) is 6.54 Å². The Morgan fingerprint density at radius 3 is 2.78 bits per heavy atom. The summed E-state index contributed by atoms with van der Waals surface area (Å²) < 4.78 is 26.3. The van der Waals surface area contributed by atoms with Crippen LogP contribution in [0.5, 0.6) is 0 Å². The van der Waals surface area contributed by atoms with Crippen LogP contribution in [0.4, 0.5) is 8.78 Å². The van der Waals surface area contributed by atoms with Gasteiger partial charge in [-0.1, -0.05) is 0 Å². The van der Waals surface area contributed by atoms with Gasteiger partial charge < -0.3 is 5.32 Å². The molecule has 0 aromatic carbocycles. The van der Waals surface area contributed by atoms with Crippen molar-refractivity contribution in [2.75, 3.05) is 0 Å². The predicted octanol–water partition coefficient (Wildman–Crippen LogP) is 3.93. The van der Waals surface area contributed by atoms with E-state index in [9.17, 15) is 8.78 Å². The van der Waals surface area contributed by atoms with Crippen LogP contribution in [0.1, 0.15) is 55.8 Å². The van der Waals surface area contributed by atoms with Gasteiger partial charge in [0.1, 0.15) is 0 Å². The van der Waals surface area contributed by atoms with Crippen molar-refractivity contribution in [3.8, 4) is 0 Å². The summed E-state index contributed by atoms with van der Waals surface area (Å²) in [4.78, 5) is 5.43. The van der Waals surface area contributed by atoms with E-state index < -0.39 is 5.92 Å². The molecule has 102 valence electrons. The highest BCUT2D eigenvalue weighted by Gasteiger charge is 2.41. The third-order valence-electron chi connectivity index (χ3n) is 3.12. The molecule has 0 radical (unpaired) electrons. The van der Waals surface area contributed by atoms with Crippen LogP contribution in [0.3, 0.4) is 0 Å². The molecule has 1 aromatic heterocycles. The lowest BCUT2D eigenvalue weighted by atomic mass is 10.1. The molecule has 1 aromatic rings. The van der Waals surface area contributed by atoms with E-state index in [0.29, 0.717) is 6.42 Å². The van der Waals surface area contributed by atoms with Crippen molar-refractivity contribution in [2.45, 2.75) is 64.0 Å². The summed E-state index contributed by atoms with van der Waals surface area (Å²) in [7, 11) is 0. The van der Waals surface area contributed by atoms with Crippen LogP contribution in [0.25, 0.3) is 0 Å². The van der Waals surface area contributed by atoms with E-state index in [-0.39, 0.29) is 24.3 Å². The summed E-state index contributed by atoms with van der Waals surface area (Å²) >= 11 is 1.56. The number of nitrogens with zero attached hydrogens (tertiary/aromatic N) is 1. The Labute approximate surface area is 111 Å². The lowest BCUT2D eigenvalue weighted by Crippen LogP contribution is -2.34. The van der Waals surface area contributed by atoms with Crippen molar-refractivity contribution in [2.24, 2.45) is 0 Å². The van der Waals surface area contributed by atoms with Crippen molar-refractivity contribution in [3.05, 3.63) is 16.1 Å². The topological polar surface area (TPSA) is 24.9 Å². The Bertz CT molecular complexity index is 409. The highest BCUT2D eigenvalue weighted by molar-refractivity contribution is 7.11. The summed E-state index contributed by atoms with van der Waals surface area (Å²) in [6.07, 6.45) is 2.35. The SMILES string of the molecule is CC(C)(C)NCc1cnc(C2CCC(F)(F)C2)s1. The second-order valence-corrected chi connectivity index (χ2v) is 7.21. The standard InChI is InChI=1S/C13H20F2N2S/c1-12(2,3)17-8-10-7-16-11(18-10)9-4-5-13(14,15)6-9/h7,9,17H,4-6,8H2,1-3H3. The molecule has 2 nitrogen and oxygen atoms in total. The van der Waals surface area contributed by atoms with Gasteiger partial charge >= 0.3 is 0 Å². The minimum absolute atomic E-state index is 0.00677. The summed E-state index contributed by atoms with van der Waals surface area (Å²) in [5.74, 6) is -2.53. The first kappa shape index (κ1) is 13.9. The molecule has 0 amide bonds. The number of aromatic nitrogens is 1. The van der Waals surface area contributed by atoms with Crippen molar-refractivity contribution in [3.63, 3.8) is 0 Å². The van der Waals surface area contributed by atoms with Crippen molar-refractivity contribution in [1.29, 1.82) is 0 Å². The van der Waals surface area contributed by atoms with Gasteiger partial charge in [0.25, 0.3) is 0 Å². The van der Waals surface area contributed by atoms with E-state index in [1.54, 1.807) is 11.3 Å². The van der Waals surface area contributed by atoms with Crippen molar-refractivity contribution < 1.29 is 8.78 Å². The first-order chi connectivity index (χ1) is 8.25. The van der Waals surface area contributed by atoms with Gasteiger partial charge in [-0.3, -0.25) is 0 Å². The van der Waals surface area contributed by atoms with Crippen molar-refractivity contribution >= 4 is 11.3 Å². The third kappa shape index (κ3) is 3.72. The molecule has 1 aliphatic carbocycles. The zero-order chi connectivity index (χ0) is 13.4.